The zero-order valence-corrected chi connectivity index (χ0v) is 12.1. The summed E-state index contributed by atoms with van der Waals surface area (Å²) in [6.45, 7) is 7.15. The van der Waals surface area contributed by atoms with Crippen LogP contribution in [-0.2, 0) is 6.42 Å². The second-order valence-electron chi connectivity index (χ2n) is 6.54. The molecule has 0 saturated heterocycles. The fraction of sp³-hybridized carbons (Fsp3) is 0.647. The van der Waals surface area contributed by atoms with E-state index in [0.29, 0.717) is 17.5 Å². The summed E-state index contributed by atoms with van der Waals surface area (Å²) in [4.78, 5) is 0. The summed E-state index contributed by atoms with van der Waals surface area (Å²) in [6, 6.07) is 12.1. The molecule has 2 unspecified atom stereocenters. The van der Waals surface area contributed by atoms with Gasteiger partial charge in [0, 0.05) is 12.1 Å². The average molecular weight is 245 g/mol. The summed E-state index contributed by atoms with van der Waals surface area (Å²) < 4.78 is 0. The zero-order valence-electron chi connectivity index (χ0n) is 12.1. The Morgan fingerprint density at radius 1 is 1.22 bits per heavy atom. The van der Waals surface area contributed by atoms with Crippen LogP contribution in [0.3, 0.4) is 0 Å². The van der Waals surface area contributed by atoms with Crippen molar-refractivity contribution in [2.75, 3.05) is 0 Å². The van der Waals surface area contributed by atoms with E-state index in [9.17, 15) is 0 Å². The third kappa shape index (κ3) is 3.58. The Balaban J connectivity index is 1.89. The minimum atomic E-state index is 0.462. The molecular weight excluding hydrogens is 218 g/mol. The standard InChI is InChI=1S/C17H27N/c1-14(13-15-9-5-4-6-10-15)18-16-11-7-8-12-17(16,2)3/h4-6,9-10,14,16,18H,7-8,11-13H2,1-3H3. The van der Waals surface area contributed by atoms with Crippen LogP contribution in [0.25, 0.3) is 0 Å². The molecule has 2 rings (SSSR count). The molecule has 0 amide bonds. The molecule has 2 atom stereocenters. The van der Waals surface area contributed by atoms with Gasteiger partial charge in [-0.15, -0.1) is 0 Å². The Morgan fingerprint density at radius 3 is 2.61 bits per heavy atom. The molecule has 0 aromatic heterocycles. The SMILES string of the molecule is CC(Cc1ccccc1)NC1CCCCC1(C)C. The Kier molecular flexibility index (Phi) is 4.45. The first kappa shape index (κ1) is 13.6. The molecule has 18 heavy (non-hydrogen) atoms. The van der Waals surface area contributed by atoms with Gasteiger partial charge in [0.15, 0.2) is 0 Å². The number of rotatable bonds is 4. The fourth-order valence-electron chi connectivity index (χ4n) is 3.17. The van der Waals surface area contributed by atoms with Crippen LogP contribution in [0, 0.1) is 5.41 Å². The van der Waals surface area contributed by atoms with E-state index in [4.69, 9.17) is 0 Å². The molecule has 1 aromatic carbocycles. The molecule has 1 heteroatoms. The maximum atomic E-state index is 3.86. The second-order valence-corrected chi connectivity index (χ2v) is 6.54. The largest absolute Gasteiger partial charge is 0.311 e. The monoisotopic (exact) mass is 245 g/mol. The predicted molar refractivity (Wildman–Crippen MR) is 78.8 cm³/mol. The second kappa shape index (κ2) is 5.88. The van der Waals surface area contributed by atoms with Crippen molar-refractivity contribution in [1.82, 2.24) is 5.32 Å². The molecule has 1 fully saturated rings. The first-order valence-corrected chi connectivity index (χ1v) is 7.38. The van der Waals surface area contributed by atoms with E-state index in [-0.39, 0.29) is 0 Å². The molecule has 1 N–H and O–H groups in total. The summed E-state index contributed by atoms with van der Waals surface area (Å²) >= 11 is 0. The van der Waals surface area contributed by atoms with E-state index < -0.39 is 0 Å². The van der Waals surface area contributed by atoms with E-state index in [1.807, 2.05) is 0 Å². The average Bonchev–Trinajstić information content (AvgIpc) is 2.33. The molecule has 1 saturated carbocycles. The first-order chi connectivity index (χ1) is 8.58. The van der Waals surface area contributed by atoms with Crippen LogP contribution in [-0.4, -0.2) is 12.1 Å². The Bertz CT molecular complexity index is 355. The van der Waals surface area contributed by atoms with Crippen LogP contribution in [0.15, 0.2) is 30.3 Å². The third-order valence-electron chi connectivity index (χ3n) is 4.38. The van der Waals surface area contributed by atoms with Crippen molar-refractivity contribution in [2.24, 2.45) is 5.41 Å². The molecular formula is C17H27N. The van der Waals surface area contributed by atoms with Gasteiger partial charge in [0.25, 0.3) is 0 Å². The van der Waals surface area contributed by atoms with Crippen molar-refractivity contribution in [3.63, 3.8) is 0 Å². The Labute approximate surface area is 112 Å². The molecule has 0 heterocycles. The zero-order chi connectivity index (χ0) is 13.0. The summed E-state index contributed by atoms with van der Waals surface area (Å²) in [5.74, 6) is 0. The van der Waals surface area contributed by atoms with Gasteiger partial charge in [-0.1, -0.05) is 57.0 Å². The van der Waals surface area contributed by atoms with Gasteiger partial charge >= 0.3 is 0 Å². The number of hydrogen-bond acceptors (Lipinski definition) is 1. The Morgan fingerprint density at radius 2 is 1.94 bits per heavy atom. The van der Waals surface area contributed by atoms with Crippen LogP contribution >= 0.6 is 0 Å². The molecule has 100 valence electrons. The van der Waals surface area contributed by atoms with Crippen LogP contribution < -0.4 is 5.32 Å². The van der Waals surface area contributed by atoms with Crippen molar-refractivity contribution in [3.05, 3.63) is 35.9 Å². The summed E-state index contributed by atoms with van der Waals surface area (Å²) in [5.41, 5.74) is 1.90. The molecule has 1 nitrogen and oxygen atoms in total. The van der Waals surface area contributed by atoms with Gasteiger partial charge in [0.2, 0.25) is 0 Å². The van der Waals surface area contributed by atoms with Crippen LogP contribution in [0.1, 0.15) is 52.0 Å². The minimum absolute atomic E-state index is 0.462. The van der Waals surface area contributed by atoms with Crippen LogP contribution in [0.2, 0.25) is 0 Å². The predicted octanol–water partition coefficient (Wildman–Crippen LogP) is 4.18. The quantitative estimate of drug-likeness (QED) is 0.839. The lowest BCUT2D eigenvalue weighted by molar-refractivity contribution is 0.157. The number of nitrogens with one attached hydrogen (secondary N) is 1. The first-order valence-electron chi connectivity index (χ1n) is 7.38. The molecule has 0 aliphatic heterocycles. The molecule has 1 aromatic rings. The number of hydrogen-bond donors (Lipinski definition) is 1. The van der Waals surface area contributed by atoms with E-state index in [1.165, 1.54) is 31.2 Å². The van der Waals surface area contributed by atoms with Gasteiger partial charge in [-0.2, -0.15) is 0 Å². The highest BCUT2D eigenvalue weighted by molar-refractivity contribution is 5.15. The highest BCUT2D eigenvalue weighted by Crippen LogP contribution is 2.35. The van der Waals surface area contributed by atoms with E-state index in [1.54, 1.807) is 0 Å². The lowest BCUT2D eigenvalue weighted by atomic mass is 9.73. The highest BCUT2D eigenvalue weighted by atomic mass is 15.0. The molecule has 0 spiro atoms. The summed E-state index contributed by atoms with van der Waals surface area (Å²) in [6.07, 6.45) is 6.62. The van der Waals surface area contributed by atoms with Crippen molar-refractivity contribution in [3.8, 4) is 0 Å². The molecule has 0 bridgehead atoms. The fourth-order valence-corrected chi connectivity index (χ4v) is 3.17. The maximum absolute atomic E-state index is 3.86. The van der Waals surface area contributed by atoms with Gasteiger partial charge in [-0.3, -0.25) is 0 Å². The van der Waals surface area contributed by atoms with Crippen molar-refractivity contribution >= 4 is 0 Å². The van der Waals surface area contributed by atoms with Crippen LogP contribution in [0.5, 0.6) is 0 Å². The molecule has 1 aliphatic rings. The van der Waals surface area contributed by atoms with E-state index in [0.717, 1.165) is 6.42 Å². The van der Waals surface area contributed by atoms with Gasteiger partial charge in [-0.25, -0.2) is 0 Å². The number of benzene rings is 1. The topological polar surface area (TPSA) is 12.0 Å². The summed E-state index contributed by atoms with van der Waals surface area (Å²) in [5, 5.41) is 3.86. The van der Waals surface area contributed by atoms with E-state index >= 15 is 0 Å². The van der Waals surface area contributed by atoms with E-state index in [2.05, 4.69) is 56.4 Å². The van der Waals surface area contributed by atoms with Crippen molar-refractivity contribution in [1.29, 1.82) is 0 Å². The normalized spacial score (nSPS) is 24.7. The van der Waals surface area contributed by atoms with Gasteiger partial charge in [0.1, 0.15) is 0 Å². The van der Waals surface area contributed by atoms with Crippen molar-refractivity contribution < 1.29 is 0 Å². The lowest BCUT2D eigenvalue weighted by Crippen LogP contribution is -2.48. The summed E-state index contributed by atoms with van der Waals surface area (Å²) in [7, 11) is 0. The minimum Gasteiger partial charge on any atom is -0.311 e. The molecule has 1 aliphatic carbocycles. The van der Waals surface area contributed by atoms with Crippen molar-refractivity contribution in [2.45, 2.75) is 65.0 Å². The maximum Gasteiger partial charge on any atom is 0.0121 e. The smallest absolute Gasteiger partial charge is 0.0121 e. The molecule has 0 radical (unpaired) electrons. The van der Waals surface area contributed by atoms with Gasteiger partial charge in [0.05, 0.1) is 0 Å². The third-order valence-corrected chi connectivity index (χ3v) is 4.38. The van der Waals surface area contributed by atoms with Crippen LogP contribution in [0.4, 0.5) is 0 Å². The van der Waals surface area contributed by atoms with Gasteiger partial charge < -0.3 is 5.32 Å². The Hall–Kier alpha value is -0.820. The lowest BCUT2D eigenvalue weighted by Gasteiger charge is -2.40. The highest BCUT2D eigenvalue weighted by Gasteiger charge is 2.32. The van der Waals surface area contributed by atoms with Gasteiger partial charge in [-0.05, 0) is 37.2 Å².